The minimum Gasteiger partial charge on any atom is -0.388 e. The molecule has 2 N–H and O–H groups in total. The van der Waals surface area contributed by atoms with Crippen molar-refractivity contribution in [3.05, 3.63) is 24.3 Å². The molecule has 1 aromatic carbocycles. The zero-order chi connectivity index (χ0) is 15.6. The van der Waals surface area contributed by atoms with Crippen molar-refractivity contribution < 1.29 is 26.7 Å². The molecule has 0 aliphatic carbocycles. The van der Waals surface area contributed by atoms with Crippen molar-refractivity contribution in [2.75, 3.05) is 11.9 Å². The molecule has 0 amide bonds. The second kappa shape index (κ2) is 5.61. The van der Waals surface area contributed by atoms with E-state index in [0.29, 0.717) is 12.1 Å². The Morgan fingerprint density at radius 1 is 1.20 bits per heavy atom. The Kier molecular flexibility index (Phi) is 4.70. The summed E-state index contributed by atoms with van der Waals surface area (Å²) in [6.45, 7) is 3.61. The maximum absolute atomic E-state index is 12.3. The van der Waals surface area contributed by atoms with Crippen LogP contribution in [0, 0.1) is 0 Å². The highest BCUT2D eigenvalue weighted by Gasteiger charge is 2.46. The lowest BCUT2D eigenvalue weighted by Crippen LogP contribution is -2.32. The molecule has 0 aliphatic rings. The van der Waals surface area contributed by atoms with Crippen molar-refractivity contribution in [1.82, 2.24) is 0 Å². The first-order valence-corrected chi connectivity index (χ1v) is 7.35. The van der Waals surface area contributed by atoms with Gasteiger partial charge in [0.15, 0.2) is 0 Å². The zero-order valence-corrected chi connectivity index (χ0v) is 11.8. The number of nitrogens with one attached hydrogen (secondary N) is 1. The zero-order valence-electron chi connectivity index (χ0n) is 11.0. The summed E-state index contributed by atoms with van der Waals surface area (Å²) < 4.78 is 59.3. The monoisotopic (exact) mass is 311 g/mol. The minimum atomic E-state index is -5.32. The van der Waals surface area contributed by atoms with Crippen LogP contribution in [0.5, 0.6) is 0 Å². The molecule has 0 aliphatic heterocycles. The first-order chi connectivity index (χ1) is 8.99. The van der Waals surface area contributed by atoms with Crippen LogP contribution in [0.2, 0.25) is 0 Å². The summed E-state index contributed by atoms with van der Waals surface area (Å²) in [5, 5.41) is 12.6. The van der Waals surface area contributed by atoms with Crippen LogP contribution in [0.3, 0.4) is 0 Å². The van der Waals surface area contributed by atoms with Crippen molar-refractivity contribution >= 4 is 15.5 Å². The fraction of sp³-hybridized carbons (Fsp3) is 0.500. The molecule has 0 saturated heterocycles. The van der Waals surface area contributed by atoms with Gasteiger partial charge in [-0.25, -0.2) is 8.42 Å². The maximum atomic E-state index is 12.3. The Morgan fingerprint density at radius 3 is 2.10 bits per heavy atom. The molecule has 1 unspecified atom stereocenters. The molecule has 20 heavy (non-hydrogen) atoms. The maximum Gasteiger partial charge on any atom is 0.501 e. The van der Waals surface area contributed by atoms with Gasteiger partial charge in [-0.15, -0.1) is 0 Å². The minimum absolute atomic E-state index is 0.203. The smallest absolute Gasteiger partial charge is 0.388 e. The van der Waals surface area contributed by atoms with Crippen LogP contribution in [0.15, 0.2) is 29.2 Å². The van der Waals surface area contributed by atoms with E-state index in [1.807, 2.05) is 0 Å². The number of hydrogen-bond acceptors (Lipinski definition) is 4. The number of benzene rings is 1. The van der Waals surface area contributed by atoms with E-state index >= 15 is 0 Å². The molecule has 0 saturated carbocycles. The highest BCUT2D eigenvalue weighted by atomic mass is 32.2. The van der Waals surface area contributed by atoms with Gasteiger partial charge in [-0.3, -0.25) is 0 Å². The molecule has 114 valence electrons. The Morgan fingerprint density at radius 2 is 1.70 bits per heavy atom. The Labute approximate surface area is 115 Å². The third kappa shape index (κ3) is 3.86. The van der Waals surface area contributed by atoms with Gasteiger partial charge in [-0.1, -0.05) is 6.92 Å². The third-order valence-corrected chi connectivity index (χ3v) is 4.41. The van der Waals surface area contributed by atoms with Crippen LogP contribution in [0.1, 0.15) is 20.3 Å². The lowest BCUT2D eigenvalue weighted by Gasteiger charge is -2.22. The van der Waals surface area contributed by atoms with E-state index in [1.54, 1.807) is 13.8 Å². The molecule has 0 radical (unpaired) electrons. The van der Waals surface area contributed by atoms with Gasteiger partial charge in [0.25, 0.3) is 9.84 Å². The summed E-state index contributed by atoms with van der Waals surface area (Å²) in [6.07, 6.45) is 0.501. The molecule has 8 heteroatoms. The van der Waals surface area contributed by atoms with E-state index in [-0.39, 0.29) is 6.54 Å². The number of alkyl halides is 3. The lowest BCUT2D eigenvalue weighted by atomic mass is 10.0. The summed E-state index contributed by atoms with van der Waals surface area (Å²) >= 11 is 0. The molecule has 4 nitrogen and oxygen atoms in total. The average Bonchev–Trinajstić information content (AvgIpc) is 2.36. The van der Waals surface area contributed by atoms with Gasteiger partial charge in [0.05, 0.1) is 10.5 Å². The van der Waals surface area contributed by atoms with Crippen LogP contribution in [0.25, 0.3) is 0 Å². The van der Waals surface area contributed by atoms with Crippen LogP contribution in [-0.2, 0) is 9.84 Å². The fourth-order valence-corrected chi connectivity index (χ4v) is 2.06. The average molecular weight is 311 g/mol. The third-order valence-electron chi connectivity index (χ3n) is 2.90. The molecule has 0 aromatic heterocycles. The summed E-state index contributed by atoms with van der Waals surface area (Å²) in [5.41, 5.74) is -5.83. The standard InChI is InChI=1S/C12H16F3NO3S/c1-3-11(2,17)8-16-9-4-6-10(7-5-9)20(18,19)12(13,14)15/h4-7,16-17H,3,8H2,1-2H3. The van der Waals surface area contributed by atoms with Gasteiger partial charge in [-0.05, 0) is 37.6 Å². The SMILES string of the molecule is CCC(C)(O)CNc1ccc(S(=O)(=O)C(F)(F)F)cc1. The number of hydrogen-bond donors (Lipinski definition) is 2. The second-order valence-electron chi connectivity index (χ2n) is 4.68. The van der Waals surface area contributed by atoms with Crippen molar-refractivity contribution in [1.29, 1.82) is 0 Å². The normalized spacial score (nSPS) is 15.7. The molecule has 1 aromatic rings. The highest BCUT2D eigenvalue weighted by Crippen LogP contribution is 2.30. The molecule has 0 fully saturated rings. The van der Waals surface area contributed by atoms with Gasteiger partial charge in [-0.2, -0.15) is 13.2 Å². The van der Waals surface area contributed by atoms with Crippen LogP contribution in [0.4, 0.5) is 18.9 Å². The van der Waals surface area contributed by atoms with E-state index in [2.05, 4.69) is 5.32 Å². The highest BCUT2D eigenvalue weighted by molar-refractivity contribution is 7.92. The van der Waals surface area contributed by atoms with Crippen molar-refractivity contribution in [3.8, 4) is 0 Å². The van der Waals surface area contributed by atoms with Gasteiger partial charge in [0.1, 0.15) is 0 Å². The van der Waals surface area contributed by atoms with Crippen molar-refractivity contribution in [3.63, 3.8) is 0 Å². The van der Waals surface area contributed by atoms with E-state index < -0.39 is 25.8 Å². The second-order valence-corrected chi connectivity index (χ2v) is 6.62. The molecule has 1 rings (SSSR count). The number of sulfone groups is 1. The van der Waals surface area contributed by atoms with E-state index in [4.69, 9.17) is 0 Å². The molecular weight excluding hydrogens is 295 g/mol. The number of rotatable bonds is 5. The summed E-state index contributed by atoms with van der Waals surface area (Å²) in [6, 6.07) is 4.21. The first kappa shape index (κ1) is 16.8. The lowest BCUT2D eigenvalue weighted by molar-refractivity contribution is -0.0436. The molecule has 0 heterocycles. The molecule has 0 bridgehead atoms. The first-order valence-electron chi connectivity index (χ1n) is 5.87. The molecule has 1 atom stereocenters. The number of anilines is 1. The topological polar surface area (TPSA) is 66.4 Å². The Hall–Kier alpha value is -1.28. The largest absolute Gasteiger partial charge is 0.501 e. The van der Waals surface area contributed by atoms with Crippen molar-refractivity contribution in [2.45, 2.75) is 36.3 Å². The van der Waals surface area contributed by atoms with E-state index in [1.165, 1.54) is 12.1 Å². The Bertz CT molecular complexity index is 550. The summed E-state index contributed by atoms with van der Waals surface area (Å²) in [5.74, 6) is 0. The number of aliphatic hydroxyl groups is 1. The van der Waals surface area contributed by atoms with Gasteiger partial charge in [0.2, 0.25) is 0 Å². The van der Waals surface area contributed by atoms with Crippen molar-refractivity contribution in [2.24, 2.45) is 0 Å². The van der Waals surface area contributed by atoms with Crippen LogP contribution in [-0.4, -0.2) is 31.2 Å². The van der Waals surface area contributed by atoms with Crippen LogP contribution >= 0.6 is 0 Å². The fourth-order valence-electron chi connectivity index (χ4n) is 1.30. The quantitative estimate of drug-likeness (QED) is 0.877. The van der Waals surface area contributed by atoms with E-state index in [9.17, 15) is 26.7 Å². The Balaban J connectivity index is 2.86. The van der Waals surface area contributed by atoms with Gasteiger partial charge >= 0.3 is 5.51 Å². The summed E-state index contributed by atoms with van der Waals surface area (Å²) in [7, 11) is -5.32. The predicted molar refractivity (Wildman–Crippen MR) is 69.1 cm³/mol. The van der Waals surface area contributed by atoms with Crippen LogP contribution < -0.4 is 5.32 Å². The van der Waals surface area contributed by atoms with E-state index in [0.717, 1.165) is 12.1 Å². The molecule has 0 spiro atoms. The molecular formula is C12H16F3NO3S. The summed E-state index contributed by atoms with van der Waals surface area (Å²) in [4.78, 5) is -0.808. The number of halogens is 3. The van der Waals surface area contributed by atoms with Gasteiger partial charge in [0, 0.05) is 12.2 Å². The van der Waals surface area contributed by atoms with Gasteiger partial charge < -0.3 is 10.4 Å². The predicted octanol–water partition coefficient (Wildman–Crippen LogP) is 2.55.